The molecule has 1 aromatic rings. The number of guanidine groups is 1. The molecule has 10 heteroatoms. The molecule has 10 nitrogen and oxygen atoms in total. The fourth-order valence-electron chi connectivity index (χ4n) is 2.64. The molecule has 128 valence electrons. The molecule has 2 fully saturated rings. The van der Waals surface area contributed by atoms with Gasteiger partial charge in [-0.2, -0.15) is 0 Å². The molecular weight excluding hydrogens is 312 g/mol. The molecule has 0 saturated carbocycles. The van der Waals surface area contributed by atoms with Crippen molar-refractivity contribution in [3.05, 3.63) is 18.5 Å². The van der Waals surface area contributed by atoms with E-state index in [0.29, 0.717) is 18.5 Å². The van der Waals surface area contributed by atoms with E-state index in [9.17, 15) is 9.59 Å². The van der Waals surface area contributed by atoms with E-state index < -0.39 is 0 Å². The highest BCUT2D eigenvalue weighted by molar-refractivity contribution is 6.01. The topological polar surface area (TPSA) is 120 Å². The summed E-state index contributed by atoms with van der Waals surface area (Å²) >= 11 is 0. The predicted octanol–water partition coefficient (Wildman–Crippen LogP) is -1.53. The summed E-state index contributed by atoms with van der Waals surface area (Å²) in [6.45, 7) is 3.55. The maximum atomic E-state index is 11.5. The molecule has 0 aliphatic carbocycles. The Morgan fingerprint density at radius 1 is 1.21 bits per heavy atom. The first-order valence-electron chi connectivity index (χ1n) is 7.80. The molecule has 24 heavy (non-hydrogen) atoms. The first-order chi connectivity index (χ1) is 11.6. The first-order valence-corrected chi connectivity index (χ1v) is 7.80. The molecular formula is C14H20N8O2. The Bertz CT molecular complexity index is 611. The molecule has 0 bridgehead atoms. The lowest BCUT2D eigenvalue weighted by molar-refractivity contribution is -0.124. The number of nitrogens with zero attached hydrogens (tertiary/aromatic N) is 6. The number of aliphatic imine (C=N–C) groups is 1. The summed E-state index contributed by atoms with van der Waals surface area (Å²) in [6.07, 6.45) is 3.45. The van der Waals surface area contributed by atoms with Crippen molar-refractivity contribution in [1.82, 2.24) is 25.1 Å². The molecule has 0 unspecified atom stereocenters. The fraction of sp³-hybridized carbons (Fsp3) is 0.500. The zero-order chi connectivity index (χ0) is 16.9. The molecule has 2 aliphatic heterocycles. The van der Waals surface area contributed by atoms with E-state index in [0.717, 1.165) is 31.1 Å². The van der Waals surface area contributed by atoms with Gasteiger partial charge in [0.25, 0.3) is 0 Å². The Labute approximate surface area is 139 Å². The van der Waals surface area contributed by atoms with E-state index in [1.807, 2.05) is 4.90 Å². The van der Waals surface area contributed by atoms with Gasteiger partial charge in [-0.05, 0) is 6.07 Å². The Morgan fingerprint density at radius 2 is 1.92 bits per heavy atom. The van der Waals surface area contributed by atoms with Gasteiger partial charge in [-0.1, -0.05) is 0 Å². The van der Waals surface area contributed by atoms with Crippen LogP contribution in [-0.4, -0.2) is 83.5 Å². The van der Waals surface area contributed by atoms with Crippen LogP contribution in [0.3, 0.4) is 0 Å². The normalized spacial score (nSPS) is 19.0. The highest BCUT2D eigenvalue weighted by Crippen LogP contribution is 2.09. The van der Waals surface area contributed by atoms with E-state index in [4.69, 9.17) is 5.73 Å². The van der Waals surface area contributed by atoms with Crippen molar-refractivity contribution >= 4 is 23.8 Å². The van der Waals surface area contributed by atoms with Gasteiger partial charge in [0, 0.05) is 38.6 Å². The second-order valence-corrected chi connectivity index (χ2v) is 5.47. The summed E-state index contributed by atoms with van der Waals surface area (Å²) in [5.74, 6) is 0.909. The van der Waals surface area contributed by atoms with Gasteiger partial charge in [-0.15, -0.1) is 0 Å². The van der Waals surface area contributed by atoms with Crippen molar-refractivity contribution in [3.63, 3.8) is 0 Å². The van der Waals surface area contributed by atoms with Gasteiger partial charge in [0.05, 0.1) is 19.6 Å². The Balaban J connectivity index is 1.47. The van der Waals surface area contributed by atoms with Crippen LogP contribution in [0.2, 0.25) is 0 Å². The van der Waals surface area contributed by atoms with Crippen LogP contribution in [0.15, 0.2) is 23.5 Å². The maximum absolute atomic E-state index is 11.5. The monoisotopic (exact) mass is 332 g/mol. The van der Waals surface area contributed by atoms with Gasteiger partial charge in [0.1, 0.15) is 0 Å². The van der Waals surface area contributed by atoms with E-state index in [2.05, 4.69) is 25.2 Å². The summed E-state index contributed by atoms with van der Waals surface area (Å²) in [5.41, 5.74) is 6.01. The number of hydrogen-bond donors (Lipinski definition) is 2. The van der Waals surface area contributed by atoms with Crippen molar-refractivity contribution in [2.75, 3.05) is 50.7 Å². The smallest absolute Gasteiger partial charge is 0.324 e. The lowest BCUT2D eigenvalue weighted by Gasteiger charge is -2.35. The molecule has 0 atom stereocenters. The lowest BCUT2D eigenvalue weighted by Crippen LogP contribution is -2.51. The number of anilines is 1. The van der Waals surface area contributed by atoms with Crippen LogP contribution in [0.25, 0.3) is 0 Å². The van der Waals surface area contributed by atoms with Crippen LogP contribution < -0.4 is 16.0 Å². The SMILES string of the molecule is NC(=NCCN1C(=O)CNC1=O)N1CCN(c2ncccn2)CC1. The summed E-state index contributed by atoms with van der Waals surface area (Å²) in [5, 5.41) is 2.47. The van der Waals surface area contributed by atoms with Gasteiger partial charge in [0.2, 0.25) is 11.9 Å². The number of aromatic nitrogens is 2. The molecule has 3 heterocycles. The number of amides is 3. The lowest BCUT2D eigenvalue weighted by atomic mass is 10.3. The number of rotatable bonds is 4. The zero-order valence-corrected chi connectivity index (χ0v) is 13.3. The van der Waals surface area contributed by atoms with Crippen LogP contribution in [0.5, 0.6) is 0 Å². The maximum Gasteiger partial charge on any atom is 0.324 e. The highest BCUT2D eigenvalue weighted by atomic mass is 16.2. The van der Waals surface area contributed by atoms with Crippen LogP contribution >= 0.6 is 0 Å². The number of urea groups is 1. The molecule has 1 aromatic heterocycles. The summed E-state index contributed by atoms with van der Waals surface area (Å²) in [6, 6.07) is 1.42. The molecule has 2 saturated heterocycles. The predicted molar refractivity (Wildman–Crippen MR) is 87.4 cm³/mol. The third kappa shape index (κ3) is 3.53. The standard InChI is InChI=1S/C14H20N8O2/c15-12(16-4-5-22-11(23)10-19-14(22)24)20-6-8-21(9-7-20)13-17-2-1-3-18-13/h1-3H,4-10H2,(H2,15,16)(H,19,24). The minimum atomic E-state index is -0.370. The molecule has 2 aliphatic rings. The van der Waals surface area contributed by atoms with Crippen molar-refractivity contribution in [2.24, 2.45) is 10.7 Å². The van der Waals surface area contributed by atoms with Crippen molar-refractivity contribution in [3.8, 4) is 0 Å². The summed E-state index contributed by atoms with van der Waals surface area (Å²) in [7, 11) is 0. The quantitative estimate of drug-likeness (QED) is 0.390. The Hall–Kier alpha value is -2.91. The second-order valence-electron chi connectivity index (χ2n) is 5.47. The zero-order valence-electron chi connectivity index (χ0n) is 13.3. The van der Waals surface area contributed by atoms with Crippen molar-refractivity contribution < 1.29 is 9.59 Å². The molecule has 3 rings (SSSR count). The van der Waals surface area contributed by atoms with Gasteiger partial charge in [0.15, 0.2) is 5.96 Å². The number of carbonyl (C=O) groups excluding carboxylic acids is 2. The Morgan fingerprint density at radius 3 is 2.54 bits per heavy atom. The van der Waals surface area contributed by atoms with Gasteiger partial charge in [-0.25, -0.2) is 14.8 Å². The fourth-order valence-corrected chi connectivity index (χ4v) is 2.64. The summed E-state index contributed by atoms with van der Waals surface area (Å²) < 4.78 is 0. The van der Waals surface area contributed by atoms with E-state index in [-0.39, 0.29) is 25.0 Å². The minimum Gasteiger partial charge on any atom is -0.370 e. The van der Waals surface area contributed by atoms with E-state index >= 15 is 0 Å². The molecule has 3 amide bonds. The first kappa shape index (κ1) is 16.0. The van der Waals surface area contributed by atoms with Gasteiger partial charge < -0.3 is 20.9 Å². The number of nitrogens with two attached hydrogens (primary N) is 1. The largest absolute Gasteiger partial charge is 0.370 e. The van der Waals surface area contributed by atoms with Crippen molar-refractivity contribution in [1.29, 1.82) is 0 Å². The van der Waals surface area contributed by atoms with Crippen LogP contribution in [0, 0.1) is 0 Å². The van der Waals surface area contributed by atoms with E-state index in [1.165, 1.54) is 0 Å². The third-order valence-electron chi connectivity index (χ3n) is 3.97. The number of imide groups is 1. The number of nitrogens with one attached hydrogen (secondary N) is 1. The average molecular weight is 332 g/mol. The molecule has 3 N–H and O–H groups in total. The van der Waals surface area contributed by atoms with Gasteiger partial charge >= 0.3 is 6.03 Å². The number of hydrogen-bond acceptors (Lipinski definition) is 6. The molecule has 0 spiro atoms. The molecule has 0 radical (unpaired) electrons. The minimum absolute atomic E-state index is 0.0571. The van der Waals surface area contributed by atoms with Crippen LogP contribution in [0.4, 0.5) is 10.7 Å². The van der Waals surface area contributed by atoms with Gasteiger partial charge in [-0.3, -0.25) is 14.7 Å². The van der Waals surface area contributed by atoms with Crippen molar-refractivity contribution in [2.45, 2.75) is 0 Å². The number of carbonyl (C=O) groups is 2. The van der Waals surface area contributed by atoms with E-state index in [1.54, 1.807) is 18.5 Å². The average Bonchev–Trinajstić information content (AvgIpc) is 2.94. The summed E-state index contributed by atoms with van der Waals surface area (Å²) in [4.78, 5) is 40.9. The third-order valence-corrected chi connectivity index (χ3v) is 3.97. The molecule has 0 aromatic carbocycles. The van der Waals surface area contributed by atoms with Crippen LogP contribution in [0.1, 0.15) is 0 Å². The second kappa shape index (κ2) is 7.11. The Kier molecular flexibility index (Phi) is 4.73. The van der Waals surface area contributed by atoms with Crippen LogP contribution in [-0.2, 0) is 4.79 Å². The highest BCUT2D eigenvalue weighted by Gasteiger charge is 2.27. The number of piperazine rings is 1.